The molecule has 1 aromatic carbocycles. The molecular weight excluding hydrogens is 182 g/mol. The highest BCUT2D eigenvalue weighted by Crippen LogP contribution is 2.31. The van der Waals surface area contributed by atoms with Crippen molar-refractivity contribution < 1.29 is 0 Å². The molecule has 13 heavy (non-hydrogen) atoms. The monoisotopic (exact) mass is 193 g/mol. The number of anilines is 1. The SMILES string of the molecule is ClC1(Nc2ccccc2)CC=CC1. The van der Waals surface area contributed by atoms with Crippen LogP contribution in [-0.4, -0.2) is 5.00 Å². The standard InChI is InChI=1S/C11H12ClN/c12-11(8-4-5-9-11)13-10-6-2-1-3-7-10/h1-7,13H,8-9H2. The number of halogens is 1. The molecule has 2 heteroatoms. The third kappa shape index (κ3) is 2.04. The van der Waals surface area contributed by atoms with E-state index in [4.69, 9.17) is 11.6 Å². The molecule has 0 aromatic heterocycles. The van der Waals surface area contributed by atoms with Crippen LogP contribution in [0.2, 0.25) is 0 Å². The van der Waals surface area contributed by atoms with E-state index in [1.54, 1.807) is 0 Å². The van der Waals surface area contributed by atoms with Crippen LogP contribution in [-0.2, 0) is 0 Å². The maximum atomic E-state index is 6.33. The summed E-state index contributed by atoms with van der Waals surface area (Å²) in [6.45, 7) is 0. The van der Waals surface area contributed by atoms with E-state index in [-0.39, 0.29) is 5.00 Å². The fourth-order valence-corrected chi connectivity index (χ4v) is 1.79. The van der Waals surface area contributed by atoms with Crippen molar-refractivity contribution in [3.8, 4) is 0 Å². The predicted molar refractivity (Wildman–Crippen MR) is 57.0 cm³/mol. The van der Waals surface area contributed by atoms with Crippen molar-refractivity contribution in [3.63, 3.8) is 0 Å². The van der Waals surface area contributed by atoms with Crippen LogP contribution in [0.25, 0.3) is 0 Å². The van der Waals surface area contributed by atoms with Crippen LogP contribution < -0.4 is 5.32 Å². The van der Waals surface area contributed by atoms with E-state index in [1.807, 2.05) is 30.3 Å². The molecule has 1 aliphatic carbocycles. The Kier molecular flexibility index (Phi) is 2.28. The first-order valence-corrected chi connectivity index (χ1v) is 4.83. The Hall–Kier alpha value is -0.950. The van der Waals surface area contributed by atoms with Crippen LogP contribution in [0.15, 0.2) is 42.5 Å². The summed E-state index contributed by atoms with van der Waals surface area (Å²) < 4.78 is 0. The van der Waals surface area contributed by atoms with Gasteiger partial charge in [-0.2, -0.15) is 0 Å². The first-order chi connectivity index (χ1) is 6.29. The van der Waals surface area contributed by atoms with Crippen molar-refractivity contribution in [2.45, 2.75) is 17.8 Å². The van der Waals surface area contributed by atoms with E-state index in [9.17, 15) is 0 Å². The molecule has 1 nitrogen and oxygen atoms in total. The van der Waals surface area contributed by atoms with E-state index >= 15 is 0 Å². The number of para-hydroxylation sites is 1. The molecule has 0 aliphatic heterocycles. The number of alkyl halides is 1. The van der Waals surface area contributed by atoms with Gasteiger partial charge in [0.1, 0.15) is 5.00 Å². The van der Waals surface area contributed by atoms with Gasteiger partial charge in [0.15, 0.2) is 0 Å². The van der Waals surface area contributed by atoms with Crippen molar-refractivity contribution in [2.24, 2.45) is 0 Å². The Labute approximate surface area is 83.4 Å². The number of nitrogens with one attached hydrogen (secondary N) is 1. The van der Waals surface area contributed by atoms with Gasteiger partial charge in [-0.05, 0) is 12.1 Å². The first-order valence-electron chi connectivity index (χ1n) is 4.46. The van der Waals surface area contributed by atoms with Crippen LogP contribution in [0.5, 0.6) is 0 Å². The van der Waals surface area contributed by atoms with Gasteiger partial charge < -0.3 is 5.32 Å². The quantitative estimate of drug-likeness (QED) is 0.431. The Bertz CT molecular complexity index is 297. The first kappa shape index (κ1) is 8.64. The number of rotatable bonds is 2. The molecule has 0 heterocycles. The van der Waals surface area contributed by atoms with Gasteiger partial charge in [0, 0.05) is 18.5 Å². The number of benzene rings is 1. The third-order valence-corrected chi connectivity index (χ3v) is 2.59. The van der Waals surface area contributed by atoms with Crippen LogP contribution >= 0.6 is 11.6 Å². The van der Waals surface area contributed by atoms with E-state index in [0.29, 0.717) is 0 Å². The summed E-state index contributed by atoms with van der Waals surface area (Å²) in [4.78, 5) is -0.290. The van der Waals surface area contributed by atoms with Crippen LogP contribution in [0.1, 0.15) is 12.8 Å². The Morgan fingerprint density at radius 2 is 1.69 bits per heavy atom. The largest absolute Gasteiger partial charge is 0.366 e. The van der Waals surface area contributed by atoms with Crippen molar-refractivity contribution in [1.82, 2.24) is 0 Å². The second-order valence-corrected chi connectivity index (χ2v) is 4.06. The van der Waals surface area contributed by atoms with E-state index < -0.39 is 0 Å². The van der Waals surface area contributed by atoms with Gasteiger partial charge in [0.25, 0.3) is 0 Å². The van der Waals surface area contributed by atoms with Crippen molar-refractivity contribution in [3.05, 3.63) is 42.5 Å². The summed E-state index contributed by atoms with van der Waals surface area (Å²) >= 11 is 6.33. The molecule has 0 atom stereocenters. The molecule has 1 N–H and O–H groups in total. The normalized spacial score (nSPS) is 18.8. The molecule has 0 unspecified atom stereocenters. The minimum Gasteiger partial charge on any atom is -0.366 e. The summed E-state index contributed by atoms with van der Waals surface area (Å²) in [5, 5.41) is 3.32. The second kappa shape index (κ2) is 3.43. The van der Waals surface area contributed by atoms with Gasteiger partial charge in [-0.1, -0.05) is 42.0 Å². The molecule has 0 radical (unpaired) electrons. The highest BCUT2D eigenvalue weighted by atomic mass is 35.5. The Morgan fingerprint density at radius 3 is 2.31 bits per heavy atom. The Morgan fingerprint density at radius 1 is 1.08 bits per heavy atom. The van der Waals surface area contributed by atoms with Gasteiger partial charge in [0.2, 0.25) is 0 Å². The number of hydrogen-bond acceptors (Lipinski definition) is 1. The molecule has 0 amide bonds. The molecule has 1 aromatic rings. The molecule has 0 fully saturated rings. The third-order valence-electron chi connectivity index (χ3n) is 2.19. The molecule has 0 saturated heterocycles. The van der Waals surface area contributed by atoms with Crippen LogP contribution in [0.3, 0.4) is 0 Å². The van der Waals surface area contributed by atoms with Gasteiger partial charge in [-0.25, -0.2) is 0 Å². The zero-order valence-electron chi connectivity index (χ0n) is 7.33. The minimum absolute atomic E-state index is 0.290. The van der Waals surface area contributed by atoms with Gasteiger partial charge >= 0.3 is 0 Å². The maximum Gasteiger partial charge on any atom is 0.119 e. The second-order valence-electron chi connectivity index (χ2n) is 3.34. The maximum absolute atomic E-state index is 6.33. The molecular formula is C11H12ClN. The topological polar surface area (TPSA) is 12.0 Å². The van der Waals surface area contributed by atoms with Gasteiger partial charge in [-0.3, -0.25) is 0 Å². The summed E-state index contributed by atoms with van der Waals surface area (Å²) in [6, 6.07) is 10.1. The fraction of sp³-hybridized carbons (Fsp3) is 0.273. The predicted octanol–water partition coefficient (Wildman–Crippen LogP) is 3.38. The van der Waals surface area contributed by atoms with E-state index in [2.05, 4.69) is 17.5 Å². The average molecular weight is 194 g/mol. The van der Waals surface area contributed by atoms with Gasteiger partial charge in [-0.15, -0.1) is 0 Å². The van der Waals surface area contributed by atoms with Gasteiger partial charge in [0.05, 0.1) is 0 Å². The molecule has 68 valence electrons. The van der Waals surface area contributed by atoms with Crippen LogP contribution in [0.4, 0.5) is 5.69 Å². The lowest BCUT2D eigenvalue weighted by Crippen LogP contribution is -2.27. The smallest absolute Gasteiger partial charge is 0.119 e. The van der Waals surface area contributed by atoms with Crippen LogP contribution in [0, 0.1) is 0 Å². The summed E-state index contributed by atoms with van der Waals surface area (Å²) in [5.74, 6) is 0. The molecule has 1 aliphatic rings. The van der Waals surface area contributed by atoms with E-state index in [1.165, 1.54) is 0 Å². The summed E-state index contributed by atoms with van der Waals surface area (Å²) in [6.07, 6.45) is 6.01. The average Bonchev–Trinajstić information content (AvgIpc) is 2.54. The zero-order chi connectivity index (χ0) is 9.15. The Balaban J connectivity index is 2.06. The highest BCUT2D eigenvalue weighted by Gasteiger charge is 2.27. The van der Waals surface area contributed by atoms with Crippen molar-refractivity contribution in [1.29, 1.82) is 0 Å². The lowest BCUT2D eigenvalue weighted by Gasteiger charge is -2.23. The fourth-order valence-electron chi connectivity index (χ4n) is 1.51. The molecule has 0 saturated carbocycles. The van der Waals surface area contributed by atoms with Crippen molar-refractivity contribution in [2.75, 3.05) is 5.32 Å². The lowest BCUT2D eigenvalue weighted by molar-refractivity contribution is 0.704. The summed E-state index contributed by atoms with van der Waals surface area (Å²) in [7, 11) is 0. The summed E-state index contributed by atoms with van der Waals surface area (Å²) in [5.41, 5.74) is 1.08. The minimum atomic E-state index is -0.290. The number of hydrogen-bond donors (Lipinski definition) is 1. The molecule has 0 bridgehead atoms. The lowest BCUT2D eigenvalue weighted by atomic mass is 10.2. The van der Waals surface area contributed by atoms with Crippen molar-refractivity contribution >= 4 is 17.3 Å². The molecule has 0 spiro atoms. The zero-order valence-corrected chi connectivity index (χ0v) is 8.09. The van der Waals surface area contributed by atoms with E-state index in [0.717, 1.165) is 18.5 Å². The highest BCUT2D eigenvalue weighted by molar-refractivity contribution is 6.25. The molecule has 2 rings (SSSR count).